The quantitative estimate of drug-likeness (QED) is 0.544. The molecule has 0 saturated carbocycles. The van der Waals surface area contributed by atoms with Gasteiger partial charge in [-0.3, -0.25) is 9.69 Å². The van der Waals surface area contributed by atoms with E-state index in [1.165, 1.54) is 0 Å². The van der Waals surface area contributed by atoms with Crippen LogP contribution in [0.5, 0.6) is 0 Å². The van der Waals surface area contributed by atoms with Crippen molar-refractivity contribution in [2.75, 3.05) is 6.54 Å². The molecule has 0 spiro atoms. The van der Waals surface area contributed by atoms with Crippen LogP contribution in [0, 0.1) is 0 Å². The Balaban J connectivity index is 3.03. The van der Waals surface area contributed by atoms with Crippen LogP contribution in [0.25, 0.3) is 0 Å². The molecule has 0 aromatic carbocycles. The van der Waals surface area contributed by atoms with E-state index in [0.717, 1.165) is 0 Å². The van der Waals surface area contributed by atoms with Crippen LogP contribution < -0.4 is 11.1 Å². The van der Waals surface area contributed by atoms with Gasteiger partial charge in [0.15, 0.2) is 0 Å². The molecule has 0 radical (unpaired) electrons. The van der Waals surface area contributed by atoms with Crippen molar-refractivity contribution in [3.8, 4) is 0 Å². The highest BCUT2D eigenvalue weighted by molar-refractivity contribution is 7.80. The molecule has 1 saturated heterocycles. The lowest BCUT2D eigenvalue weighted by Gasteiger charge is -2.24. The first kappa shape index (κ1) is 12.7. The molecular weight excluding hydrogens is 247 g/mol. The average molecular weight is 255 g/mol. The minimum atomic E-state index is -4.87. The van der Waals surface area contributed by atoms with Crippen molar-refractivity contribution in [1.29, 1.82) is 0 Å². The Hall–Kier alpha value is -1.38. The van der Waals surface area contributed by atoms with Crippen LogP contribution in [-0.4, -0.2) is 40.1 Å². The number of carbonyl (C=O) groups excluding carboxylic acids is 2. The summed E-state index contributed by atoms with van der Waals surface area (Å²) in [5.41, 5.74) is 2.16. The van der Waals surface area contributed by atoms with Crippen molar-refractivity contribution < 1.29 is 22.8 Å². The Morgan fingerprint density at radius 3 is 2.38 bits per heavy atom. The van der Waals surface area contributed by atoms with Crippen molar-refractivity contribution in [3.63, 3.8) is 0 Å². The van der Waals surface area contributed by atoms with E-state index in [-0.39, 0.29) is 4.99 Å². The summed E-state index contributed by atoms with van der Waals surface area (Å²) in [6.07, 6.45) is -4.87. The van der Waals surface area contributed by atoms with Gasteiger partial charge < -0.3 is 11.1 Å². The lowest BCUT2D eigenvalue weighted by atomic mass is 10.0. The molecule has 5 nitrogen and oxygen atoms in total. The zero-order valence-corrected chi connectivity index (χ0v) is 8.91. The third-order valence-corrected chi connectivity index (χ3v) is 2.28. The van der Waals surface area contributed by atoms with Crippen LogP contribution in [0.3, 0.4) is 0 Å². The highest BCUT2D eigenvalue weighted by atomic mass is 32.1. The predicted molar refractivity (Wildman–Crippen MR) is 51.5 cm³/mol. The molecule has 0 aromatic rings. The standard InChI is InChI=1S/C7H8F3N3O2S/c1-6(7(8,9)10)4(14)13(2-3(11)16)5(15)12-6/h2H2,1H3,(H2,11,16)(H,12,15). The van der Waals surface area contributed by atoms with Crippen molar-refractivity contribution >= 4 is 29.1 Å². The molecule has 1 unspecified atom stereocenters. The molecule has 1 rings (SSSR count). The number of hydrogen-bond acceptors (Lipinski definition) is 3. The molecule has 3 amide bonds. The highest BCUT2D eigenvalue weighted by Crippen LogP contribution is 2.34. The molecule has 0 aliphatic carbocycles. The summed E-state index contributed by atoms with van der Waals surface area (Å²) in [5.74, 6) is -1.40. The summed E-state index contributed by atoms with van der Waals surface area (Å²) in [4.78, 5) is 22.7. The molecular formula is C7H8F3N3O2S. The number of hydrogen-bond donors (Lipinski definition) is 2. The molecule has 3 N–H and O–H groups in total. The van der Waals surface area contributed by atoms with E-state index in [9.17, 15) is 22.8 Å². The zero-order chi connectivity index (χ0) is 12.7. The van der Waals surface area contributed by atoms with Gasteiger partial charge in [-0.1, -0.05) is 12.2 Å². The first-order valence-corrected chi connectivity index (χ1v) is 4.49. The molecule has 9 heteroatoms. The second kappa shape index (κ2) is 3.58. The number of nitrogens with one attached hydrogen (secondary N) is 1. The van der Waals surface area contributed by atoms with E-state index in [4.69, 9.17) is 5.73 Å². The molecule has 1 aliphatic rings. The summed E-state index contributed by atoms with van der Waals surface area (Å²) in [5, 5.41) is 1.57. The summed E-state index contributed by atoms with van der Waals surface area (Å²) >= 11 is 4.43. The minimum Gasteiger partial charge on any atom is -0.392 e. The summed E-state index contributed by atoms with van der Waals surface area (Å²) in [7, 11) is 0. The fourth-order valence-corrected chi connectivity index (χ4v) is 1.32. The number of rotatable bonds is 2. The van der Waals surface area contributed by atoms with Crippen LogP contribution in [0.2, 0.25) is 0 Å². The maximum absolute atomic E-state index is 12.6. The Bertz CT molecular complexity index is 370. The first-order chi connectivity index (χ1) is 7.09. The second-order valence-corrected chi connectivity index (χ2v) is 3.93. The average Bonchev–Trinajstić information content (AvgIpc) is 2.28. The molecule has 1 heterocycles. The fourth-order valence-electron chi connectivity index (χ4n) is 1.19. The molecule has 16 heavy (non-hydrogen) atoms. The van der Waals surface area contributed by atoms with Crippen LogP contribution in [0.1, 0.15) is 6.92 Å². The molecule has 1 fully saturated rings. The second-order valence-electron chi connectivity index (χ2n) is 3.41. The highest BCUT2D eigenvalue weighted by Gasteiger charge is 2.64. The van der Waals surface area contributed by atoms with Gasteiger partial charge in [0, 0.05) is 0 Å². The Kier molecular flexibility index (Phi) is 2.84. The maximum atomic E-state index is 12.6. The van der Waals surface area contributed by atoms with E-state index < -0.39 is 30.2 Å². The van der Waals surface area contributed by atoms with Crippen LogP contribution in [0.4, 0.5) is 18.0 Å². The molecule has 1 aliphatic heterocycles. The van der Waals surface area contributed by atoms with Crippen molar-refractivity contribution in [1.82, 2.24) is 10.2 Å². The lowest BCUT2D eigenvalue weighted by Crippen LogP contribution is -2.56. The number of alkyl halides is 3. The third kappa shape index (κ3) is 1.82. The van der Waals surface area contributed by atoms with Crippen molar-refractivity contribution in [2.24, 2.45) is 5.73 Å². The number of amides is 3. The zero-order valence-electron chi connectivity index (χ0n) is 8.09. The third-order valence-electron chi connectivity index (χ3n) is 2.16. The van der Waals surface area contributed by atoms with Crippen molar-refractivity contribution in [3.05, 3.63) is 0 Å². The monoisotopic (exact) mass is 255 g/mol. The van der Waals surface area contributed by atoms with Crippen molar-refractivity contribution in [2.45, 2.75) is 18.6 Å². The lowest BCUT2D eigenvalue weighted by molar-refractivity contribution is -0.190. The SMILES string of the molecule is CC1(C(F)(F)F)NC(=O)N(CC(N)=S)C1=O. The summed E-state index contributed by atoms with van der Waals surface area (Å²) in [6.45, 7) is 0.0818. The van der Waals surface area contributed by atoms with E-state index >= 15 is 0 Å². The summed E-state index contributed by atoms with van der Waals surface area (Å²) < 4.78 is 37.7. The van der Waals surface area contributed by atoms with Gasteiger partial charge in [0.2, 0.25) is 5.54 Å². The van der Waals surface area contributed by atoms with Gasteiger partial charge in [0.25, 0.3) is 5.91 Å². The number of halogens is 3. The normalized spacial score (nSPS) is 25.9. The Morgan fingerprint density at radius 2 is 2.06 bits per heavy atom. The number of carbonyl (C=O) groups is 2. The number of urea groups is 1. The number of thiocarbonyl (C=S) groups is 1. The maximum Gasteiger partial charge on any atom is 0.420 e. The van der Waals surface area contributed by atoms with Gasteiger partial charge in [-0.15, -0.1) is 0 Å². The van der Waals surface area contributed by atoms with Gasteiger partial charge in [-0.05, 0) is 6.92 Å². The van der Waals surface area contributed by atoms with Gasteiger partial charge in [0.1, 0.15) is 0 Å². The largest absolute Gasteiger partial charge is 0.420 e. The first-order valence-electron chi connectivity index (χ1n) is 4.08. The van der Waals surface area contributed by atoms with E-state index in [2.05, 4.69) is 12.2 Å². The Labute approximate surface area is 93.8 Å². The van der Waals surface area contributed by atoms with E-state index in [1.54, 1.807) is 5.32 Å². The van der Waals surface area contributed by atoms with Gasteiger partial charge in [-0.25, -0.2) is 4.79 Å². The van der Waals surface area contributed by atoms with Crippen LogP contribution in [-0.2, 0) is 4.79 Å². The fraction of sp³-hybridized carbons (Fsp3) is 0.571. The van der Waals surface area contributed by atoms with Crippen LogP contribution >= 0.6 is 12.2 Å². The molecule has 90 valence electrons. The van der Waals surface area contributed by atoms with Gasteiger partial charge >= 0.3 is 12.2 Å². The molecule has 0 bridgehead atoms. The Morgan fingerprint density at radius 1 is 1.56 bits per heavy atom. The summed E-state index contributed by atoms with van der Waals surface area (Å²) in [6, 6.07) is -1.15. The topological polar surface area (TPSA) is 75.4 Å². The smallest absolute Gasteiger partial charge is 0.392 e. The minimum absolute atomic E-state index is 0.241. The van der Waals surface area contributed by atoms with Crippen LogP contribution in [0.15, 0.2) is 0 Å². The van der Waals surface area contributed by atoms with Gasteiger partial charge in [0.05, 0.1) is 11.5 Å². The number of imide groups is 1. The van der Waals surface area contributed by atoms with Gasteiger partial charge in [-0.2, -0.15) is 13.2 Å². The van der Waals surface area contributed by atoms with E-state index in [0.29, 0.717) is 11.8 Å². The molecule has 1 atom stereocenters. The number of nitrogens with two attached hydrogens (primary N) is 1. The predicted octanol–water partition coefficient (Wildman–Crippen LogP) is 0.145. The molecule has 0 aromatic heterocycles. The number of nitrogens with zero attached hydrogens (tertiary/aromatic N) is 1. The van der Waals surface area contributed by atoms with E-state index in [1.807, 2.05) is 0 Å².